The molecular weight excluding hydrogens is 168 g/mol. The Hall–Kier alpha value is -0.410. The predicted octanol–water partition coefficient (Wildman–Crippen LogP) is 2.06. The zero-order valence-electron chi connectivity index (χ0n) is 8.38. The summed E-state index contributed by atoms with van der Waals surface area (Å²) in [6.45, 7) is 1.16. The van der Waals surface area contributed by atoms with Crippen molar-refractivity contribution in [2.24, 2.45) is 0 Å². The molecule has 0 aromatic carbocycles. The van der Waals surface area contributed by atoms with E-state index in [4.69, 9.17) is 9.47 Å². The Balaban J connectivity index is 2.79. The summed E-state index contributed by atoms with van der Waals surface area (Å²) >= 11 is 0. The predicted molar refractivity (Wildman–Crippen MR) is 51.2 cm³/mol. The summed E-state index contributed by atoms with van der Waals surface area (Å²) in [7, 11) is 1.62. The number of hydrogen-bond acceptors (Lipinski definition) is 3. The van der Waals surface area contributed by atoms with Gasteiger partial charge in [-0.2, -0.15) is 0 Å². The second-order valence-corrected chi connectivity index (χ2v) is 2.98. The van der Waals surface area contributed by atoms with Crippen molar-refractivity contribution in [1.29, 1.82) is 0 Å². The Morgan fingerprint density at radius 2 is 1.77 bits per heavy atom. The lowest BCUT2D eigenvalue weighted by Gasteiger charge is -2.01. The SMILES string of the molecule is COCOCCCCCCC[C]=O. The van der Waals surface area contributed by atoms with Gasteiger partial charge in [-0.15, -0.1) is 0 Å². The van der Waals surface area contributed by atoms with Crippen LogP contribution in [0.3, 0.4) is 0 Å². The maximum absolute atomic E-state index is 9.85. The fourth-order valence-corrected chi connectivity index (χ4v) is 1.07. The number of ether oxygens (including phenoxy) is 2. The molecule has 77 valence electrons. The molecule has 0 saturated carbocycles. The third-order valence-electron chi connectivity index (χ3n) is 1.77. The van der Waals surface area contributed by atoms with E-state index >= 15 is 0 Å². The molecule has 3 heteroatoms. The van der Waals surface area contributed by atoms with Crippen molar-refractivity contribution in [2.75, 3.05) is 20.5 Å². The maximum atomic E-state index is 9.85. The van der Waals surface area contributed by atoms with E-state index in [0.29, 0.717) is 13.2 Å². The molecule has 0 aliphatic heterocycles. The molecule has 0 aliphatic carbocycles. The number of rotatable bonds is 10. The van der Waals surface area contributed by atoms with Gasteiger partial charge in [-0.3, -0.25) is 4.79 Å². The molecule has 0 aromatic rings. The highest BCUT2D eigenvalue weighted by atomic mass is 16.7. The van der Waals surface area contributed by atoms with E-state index in [-0.39, 0.29) is 0 Å². The number of methoxy groups -OCH3 is 1. The van der Waals surface area contributed by atoms with Crippen LogP contribution in [-0.4, -0.2) is 26.8 Å². The number of carbonyl (C=O) groups excluding carboxylic acids is 1. The molecule has 0 aromatic heterocycles. The second-order valence-electron chi connectivity index (χ2n) is 2.98. The van der Waals surface area contributed by atoms with E-state index < -0.39 is 0 Å². The molecular formula is C10H19O3. The highest BCUT2D eigenvalue weighted by Crippen LogP contribution is 2.04. The highest BCUT2D eigenvalue weighted by Gasteiger charge is 1.91. The summed E-state index contributed by atoms with van der Waals surface area (Å²) in [6, 6.07) is 0. The van der Waals surface area contributed by atoms with Crippen LogP contribution in [0.1, 0.15) is 38.5 Å². The number of hydrogen-bond donors (Lipinski definition) is 0. The second kappa shape index (κ2) is 11.6. The van der Waals surface area contributed by atoms with Crippen molar-refractivity contribution >= 4 is 6.29 Å². The topological polar surface area (TPSA) is 35.5 Å². The lowest BCUT2D eigenvalue weighted by molar-refractivity contribution is -0.0315. The Morgan fingerprint density at radius 1 is 1.08 bits per heavy atom. The van der Waals surface area contributed by atoms with Gasteiger partial charge in [0.25, 0.3) is 0 Å². The maximum Gasteiger partial charge on any atom is 0.198 e. The van der Waals surface area contributed by atoms with Crippen LogP contribution in [0.5, 0.6) is 0 Å². The van der Waals surface area contributed by atoms with Crippen molar-refractivity contribution in [2.45, 2.75) is 38.5 Å². The first kappa shape index (κ1) is 12.6. The molecule has 0 heterocycles. The molecule has 0 fully saturated rings. The van der Waals surface area contributed by atoms with Crippen LogP contribution in [0.25, 0.3) is 0 Å². The quantitative estimate of drug-likeness (QED) is 0.388. The number of unbranched alkanes of at least 4 members (excludes halogenated alkanes) is 5. The van der Waals surface area contributed by atoms with E-state index in [0.717, 1.165) is 25.9 Å². The molecule has 0 rings (SSSR count). The van der Waals surface area contributed by atoms with Crippen LogP contribution in [0.15, 0.2) is 0 Å². The Labute approximate surface area is 80.4 Å². The summed E-state index contributed by atoms with van der Waals surface area (Å²) in [5.74, 6) is 0. The van der Waals surface area contributed by atoms with Gasteiger partial charge in [0, 0.05) is 20.1 Å². The van der Waals surface area contributed by atoms with Gasteiger partial charge >= 0.3 is 0 Å². The average Bonchev–Trinajstić information content (AvgIpc) is 2.16. The van der Waals surface area contributed by atoms with E-state index in [9.17, 15) is 4.79 Å². The van der Waals surface area contributed by atoms with Gasteiger partial charge in [0.15, 0.2) is 6.29 Å². The summed E-state index contributed by atoms with van der Waals surface area (Å²) in [4.78, 5) is 9.85. The summed E-state index contributed by atoms with van der Waals surface area (Å²) in [6.07, 6.45) is 8.00. The van der Waals surface area contributed by atoms with Crippen molar-refractivity contribution < 1.29 is 14.3 Å². The van der Waals surface area contributed by atoms with Crippen LogP contribution in [-0.2, 0) is 14.3 Å². The molecule has 13 heavy (non-hydrogen) atoms. The minimum Gasteiger partial charge on any atom is -0.359 e. The van der Waals surface area contributed by atoms with Crippen molar-refractivity contribution in [3.63, 3.8) is 0 Å². The van der Waals surface area contributed by atoms with Gasteiger partial charge in [-0.1, -0.05) is 19.3 Å². The Kier molecular flexibility index (Phi) is 11.2. The molecule has 0 amide bonds. The fourth-order valence-electron chi connectivity index (χ4n) is 1.07. The third kappa shape index (κ3) is 11.6. The first-order valence-electron chi connectivity index (χ1n) is 4.83. The lowest BCUT2D eigenvalue weighted by atomic mass is 10.1. The zero-order valence-corrected chi connectivity index (χ0v) is 8.38. The third-order valence-corrected chi connectivity index (χ3v) is 1.77. The Bertz CT molecular complexity index is 104. The molecule has 0 saturated heterocycles. The van der Waals surface area contributed by atoms with Gasteiger partial charge in [0.05, 0.1) is 0 Å². The van der Waals surface area contributed by atoms with Gasteiger partial charge in [-0.25, -0.2) is 0 Å². The largest absolute Gasteiger partial charge is 0.359 e. The van der Waals surface area contributed by atoms with E-state index in [1.165, 1.54) is 12.8 Å². The molecule has 0 unspecified atom stereocenters. The smallest absolute Gasteiger partial charge is 0.198 e. The molecule has 0 atom stereocenters. The van der Waals surface area contributed by atoms with Crippen LogP contribution < -0.4 is 0 Å². The van der Waals surface area contributed by atoms with Crippen LogP contribution in [0.4, 0.5) is 0 Å². The molecule has 0 aliphatic rings. The zero-order chi connectivity index (χ0) is 9.78. The van der Waals surface area contributed by atoms with Gasteiger partial charge in [0.1, 0.15) is 6.79 Å². The first-order chi connectivity index (χ1) is 6.41. The molecule has 3 nitrogen and oxygen atoms in total. The Morgan fingerprint density at radius 3 is 2.46 bits per heavy atom. The monoisotopic (exact) mass is 187 g/mol. The van der Waals surface area contributed by atoms with E-state index in [1.54, 1.807) is 7.11 Å². The fraction of sp³-hybridized carbons (Fsp3) is 0.900. The van der Waals surface area contributed by atoms with Crippen LogP contribution in [0.2, 0.25) is 0 Å². The highest BCUT2D eigenvalue weighted by molar-refractivity contribution is 5.50. The first-order valence-corrected chi connectivity index (χ1v) is 4.83. The average molecular weight is 187 g/mol. The van der Waals surface area contributed by atoms with Crippen molar-refractivity contribution in [3.05, 3.63) is 0 Å². The van der Waals surface area contributed by atoms with E-state index in [2.05, 4.69) is 0 Å². The lowest BCUT2D eigenvalue weighted by Crippen LogP contribution is -1.98. The van der Waals surface area contributed by atoms with Gasteiger partial charge in [0.2, 0.25) is 0 Å². The van der Waals surface area contributed by atoms with Crippen LogP contribution >= 0.6 is 0 Å². The summed E-state index contributed by atoms with van der Waals surface area (Å²) in [5.41, 5.74) is 0. The van der Waals surface area contributed by atoms with Crippen LogP contribution in [0, 0.1) is 0 Å². The summed E-state index contributed by atoms with van der Waals surface area (Å²) in [5, 5.41) is 0. The minimum absolute atomic E-state index is 0.389. The minimum atomic E-state index is 0.389. The van der Waals surface area contributed by atoms with Crippen molar-refractivity contribution in [1.82, 2.24) is 0 Å². The molecule has 0 spiro atoms. The van der Waals surface area contributed by atoms with Gasteiger partial charge in [-0.05, 0) is 12.8 Å². The standard InChI is InChI=1S/C10H19O3/c1-12-10-13-9-7-5-3-2-4-6-8-11/h2-7,9-10H2,1H3. The summed E-state index contributed by atoms with van der Waals surface area (Å²) < 4.78 is 9.86. The normalized spacial score (nSPS) is 10.2. The van der Waals surface area contributed by atoms with E-state index in [1.807, 2.05) is 6.29 Å². The van der Waals surface area contributed by atoms with Gasteiger partial charge < -0.3 is 9.47 Å². The molecule has 0 bridgehead atoms. The molecule has 1 radical (unpaired) electrons. The molecule has 0 N–H and O–H groups in total. The van der Waals surface area contributed by atoms with Crippen molar-refractivity contribution in [3.8, 4) is 0 Å².